The summed E-state index contributed by atoms with van der Waals surface area (Å²) in [6, 6.07) is 14.8. The zero-order valence-electron chi connectivity index (χ0n) is 14.7. The number of nitrogens with one attached hydrogen (secondary N) is 1. The standard InChI is InChI=1S/C20H23NO4/c1-14-5-4-6-17(11-14)18(20(23)25-3)12-21-19(22)16-9-7-15(8-10-16)13-24-2/h4-11,18H,12-13H2,1-3H3,(H,21,22)/t18-/m1/s1. The zero-order chi connectivity index (χ0) is 18.2. The highest BCUT2D eigenvalue weighted by Gasteiger charge is 2.22. The Kier molecular flexibility index (Phi) is 6.71. The maximum Gasteiger partial charge on any atom is 0.314 e. The first-order valence-corrected chi connectivity index (χ1v) is 8.05. The average Bonchev–Trinajstić information content (AvgIpc) is 2.62. The molecule has 1 amide bonds. The predicted octanol–water partition coefficient (Wildman–Crippen LogP) is 2.83. The van der Waals surface area contributed by atoms with Crippen LogP contribution in [0.1, 0.15) is 33.0 Å². The molecule has 25 heavy (non-hydrogen) atoms. The molecule has 0 aromatic heterocycles. The second-order valence-corrected chi connectivity index (χ2v) is 5.83. The lowest BCUT2D eigenvalue weighted by molar-refractivity contribution is -0.142. The number of hydrogen-bond acceptors (Lipinski definition) is 4. The molecule has 0 saturated carbocycles. The van der Waals surface area contributed by atoms with Crippen LogP contribution in [0.5, 0.6) is 0 Å². The van der Waals surface area contributed by atoms with E-state index >= 15 is 0 Å². The fraction of sp³-hybridized carbons (Fsp3) is 0.300. The first-order valence-electron chi connectivity index (χ1n) is 8.05. The van der Waals surface area contributed by atoms with E-state index in [1.807, 2.05) is 43.3 Å². The van der Waals surface area contributed by atoms with Crippen molar-refractivity contribution in [2.24, 2.45) is 0 Å². The van der Waals surface area contributed by atoms with Crippen molar-refractivity contribution < 1.29 is 19.1 Å². The van der Waals surface area contributed by atoms with Crippen LogP contribution in [0, 0.1) is 6.92 Å². The van der Waals surface area contributed by atoms with Crippen LogP contribution >= 0.6 is 0 Å². The molecule has 0 unspecified atom stereocenters. The van der Waals surface area contributed by atoms with Gasteiger partial charge in [0.05, 0.1) is 19.6 Å². The van der Waals surface area contributed by atoms with Crippen LogP contribution in [0.25, 0.3) is 0 Å². The van der Waals surface area contributed by atoms with Crippen LogP contribution in [0.3, 0.4) is 0 Å². The molecule has 0 spiro atoms. The first kappa shape index (κ1) is 18.7. The molecule has 2 aromatic carbocycles. The first-order chi connectivity index (χ1) is 12.0. The van der Waals surface area contributed by atoms with Gasteiger partial charge < -0.3 is 14.8 Å². The lowest BCUT2D eigenvalue weighted by Gasteiger charge is -2.16. The third-order valence-corrected chi connectivity index (χ3v) is 3.92. The van der Waals surface area contributed by atoms with Crippen molar-refractivity contribution >= 4 is 11.9 Å². The van der Waals surface area contributed by atoms with Crippen molar-refractivity contribution in [2.45, 2.75) is 19.4 Å². The van der Waals surface area contributed by atoms with E-state index in [9.17, 15) is 9.59 Å². The quantitative estimate of drug-likeness (QED) is 0.787. The van der Waals surface area contributed by atoms with Gasteiger partial charge in [0.15, 0.2) is 0 Å². The van der Waals surface area contributed by atoms with Gasteiger partial charge in [0.2, 0.25) is 0 Å². The molecule has 0 fully saturated rings. The number of ether oxygens (including phenoxy) is 2. The molecular formula is C20H23NO4. The van der Waals surface area contributed by atoms with Crippen LogP contribution in [0.4, 0.5) is 0 Å². The number of carbonyl (C=O) groups is 2. The Balaban J connectivity index is 2.06. The van der Waals surface area contributed by atoms with E-state index in [0.29, 0.717) is 12.2 Å². The summed E-state index contributed by atoms with van der Waals surface area (Å²) in [6.07, 6.45) is 0. The molecule has 132 valence electrons. The van der Waals surface area contributed by atoms with Gasteiger partial charge >= 0.3 is 5.97 Å². The molecule has 0 radical (unpaired) electrons. The smallest absolute Gasteiger partial charge is 0.314 e. The minimum absolute atomic E-state index is 0.175. The number of hydrogen-bond donors (Lipinski definition) is 1. The van der Waals surface area contributed by atoms with E-state index in [-0.39, 0.29) is 18.4 Å². The van der Waals surface area contributed by atoms with Gasteiger partial charge in [0, 0.05) is 19.2 Å². The van der Waals surface area contributed by atoms with Gasteiger partial charge in [0.25, 0.3) is 5.91 Å². The van der Waals surface area contributed by atoms with Crippen LogP contribution in [0.2, 0.25) is 0 Å². The van der Waals surface area contributed by atoms with Crippen LogP contribution < -0.4 is 5.32 Å². The predicted molar refractivity (Wildman–Crippen MR) is 95.4 cm³/mol. The Labute approximate surface area is 148 Å². The Morgan fingerprint density at radius 2 is 1.80 bits per heavy atom. The lowest BCUT2D eigenvalue weighted by atomic mass is 9.97. The minimum Gasteiger partial charge on any atom is -0.468 e. The van der Waals surface area contributed by atoms with Gasteiger partial charge in [-0.3, -0.25) is 9.59 Å². The second-order valence-electron chi connectivity index (χ2n) is 5.83. The summed E-state index contributed by atoms with van der Waals surface area (Å²) in [5.41, 5.74) is 3.40. The van der Waals surface area contributed by atoms with Crippen LogP contribution in [-0.4, -0.2) is 32.6 Å². The lowest BCUT2D eigenvalue weighted by Crippen LogP contribution is -2.32. The maximum absolute atomic E-state index is 12.3. The number of methoxy groups -OCH3 is 2. The highest BCUT2D eigenvalue weighted by molar-refractivity contribution is 5.94. The molecule has 0 saturated heterocycles. The number of benzene rings is 2. The number of aryl methyl sites for hydroxylation is 1. The van der Waals surface area contributed by atoms with E-state index in [4.69, 9.17) is 9.47 Å². The van der Waals surface area contributed by atoms with E-state index in [1.165, 1.54) is 7.11 Å². The summed E-state index contributed by atoms with van der Waals surface area (Å²) < 4.78 is 9.94. The van der Waals surface area contributed by atoms with Gasteiger partial charge in [-0.05, 0) is 30.2 Å². The maximum atomic E-state index is 12.3. The highest BCUT2D eigenvalue weighted by atomic mass is 16.5. The Morgan fingerprint density at radius 1 is 1.08 bits per heavy atom. The molecule has 0 aliphatic carbocycles. The Bertz CT molecular complexity index is 725. The Morgan fingerprint density at radius 3 is 2.40 bits per heavy atom. The Hall–Kier alpha value is -2.66. The molecule has 0 heterocycles. The largest absolute Gasteiger partial charge is 0.468 e. The number of rotatable bonds is 7. The molecule has 0 bridgehead atoms. The van der Waals surface area contributed by atoms with Crippen molar-refractivity contribution in [2.75, 3.05) is 20.8 Å². The molecule has 0 aliphatic heterocycles. The molecule has 5 heteroatoms. The number of esters is 1. The van der Waals surface area contributed by atoms with Crippen molar-refractivity contribution in [1.82, 2.24) is 5.32 Å². The second kappa shape index (κ2) is 8.99. The molecule has 1 N–H and O–H groups in total. The van der Waals surface area contributed by atoms with Crippen molar-refractivity contribution in [3.63, 3.8) is 0 Å². The summed E-state index contributed by atoms with van der Waals surface area (Å²) in [4.78, 5) is 24.4. The molecule has 0 aliphatic rings. The van der Waals surface area contributed by atoms with Gasteiger partial charge in [-0.2, -0.15) is 0 Å². The minimum atomic E-state index is -0.540. The average molecular weight is 341 g/mol. The normalized spacial score (nSPS) is 11.6. The third kappa shape index (κ3) is 5.16. The van der Waals surface area contributed by atoms with Crippen LogP contribution in [0.15, 0.2) is 48.5 Å². The van der Waals surface area contributed by atoms with Crippen molar-refractivity contribution in [3.8, 4) is 0 Å². The molecular weight excluding hydrogens is 318 g/mol. The monoisotopic (exact) mass is 341 g/mol. The van der Waals surface area contributed by atoms with Crippen molar-refractivity contribution in [1.29, 1.82) is 0 Å². The molecule has 5 nitrogen and oxygen atoms in total. The number of carbonyl (C=O) groups excluding carboxylic acids is 2. The summed E-state index contributed by atoms with van der Waals surface area (Å²) in [7, 11) is 2.97. The summed E-state index contributed by atoms with van der Waals surface area (Å²) in [5.74, 6) is -1.14. The van der Waals surface area contributed by atoms with E-state index in [0.717, 1.165) is 16.7 Å². The van der Waals surface area contributed by atoms with Crippen molar-refractivity contribution in [3.05, 3.63) is 70.8 Å². The molecule has 2 aromatic rings. The van der Waals surface area contributed by atoms with E-state index in [1.54, 1.807) is 19.2 Å². The topological polar surface area (TPSA) is 64.6 Å². The zero-order valence-corrected chi connectivity index (χ0v) is 14.7. The van der Waals surface area contributed by atoms with Gasteiger partial charge in [0.1, 0.15) is 0 Å². The van der Waals surface area contributed by atoms with Gasteiger partial charge in [-0.15, -0.1) is 0 Å². The van der Waals surface area contributed by atoms with E-state index < -0.39 is 5.92 Å². The van der Waals surface area contributed by atoms with Gasteiger partial charge in [-0.25, -0.2) is 0 Å². The highest BCUT2D eigenvalue weighted by Crippen LogP contribution is 2.18. The molecule has 2 rings (SSSR count). The summed E-state index contributed by atoms with van der Waals surface area (Å²) in [5, 5.41) is 2.81. The fourth-order valence-corrected chi connectivity index (χ4v) is 2.58. The summed E-state index contributed by atoms with van der Waals surface area (Å²) in [6.45, 7) is 2.63. The number of amides is 1. The van der Waals surface area contributed by atoms with Crippen LogP contribution in [-0.2, 0) is 20.9 Å². The summed E-state index contributed by atoms with van der Waals surface area (Å²) >= 11 is 0. The van der Waals surface area contributed by atoms with E-state index in [2.05, 4.69) is 5.32 Å². The third-order valence-electron chi connectivity index (χ3n) is 3.92. The fourth-order valence-electron chi connectivity index (χ4n) is 2.58. The molecule has 1 atom stereocenters. The van der Waals surface area contributed by atoms with Gasteiger partial charge in [-0.1, -0.05) is 42.0 Å². The SMILES string of the molecule is COCc1ccc(C(=O)NC[C@@H](C(=O)OC)c2cccc(C)c2)cc1.